The zero-order valence-electron chi connectivity index (χ0n) is 6.00. The molecular weight excluding hydrogens is 139 g/mol. The minimum atomic E-state index is -2.18. The summed E-state index contributed by atoms with van der Waals surface area (Å²) in [6.07, 6.45) is -2.18. The highest BCUT2D eigenvalue weighted by molar-refractivity contribution is 5.70. The van der Waals surface area contributed by atoms with Gasteiger partial charge in [0.2, 0.25) is 0 Å². The fraction of sp³-hybridized carbons (Fsp3) is 0.833. The van der Waals surface area contributed by atoms with Gasteiger partial charge >= 0.3 is 5.97 Å². The van der Waals surface area contributed by atoms with E-state index in [1.165, 1.54) is 0 Å². The SMILES string of the molecule is CC(C)COC(F)C(=O)O. The lowest BCUT2D eigenvalue weighted by Gasteiger charge is -2.06. The molecule has 1 N–H and O–H groups in total. The van der Waals surface area contributed by atoms with Gasteiger partial charge in [-0.1, -0.05) is 13.8 Å². The van der Waals surface area contributed by atoms with Crippen molar-refractivity contribution in [2.45, 2.75) is 20.2 Å². The second-order valence-electron chi connectivity index (χ2n) is 2.38. The lowest BCUT2D eigenvalue weighted by Crippen LogP contribution is -2.20. The highest BCUT2D eigenvalue weighted by Crippen LogP contribution is 1.98. The summed E-state index contributed by atoms with van der Waals surface area (Å²) < 4.78 is 16.4. The molecule has 0 fully saturated rings. The van der Waals surface area contributed by atoms with Gasteiger partial charge in [-0.3, -0.25) is 0 Å². The molecule has 0 saturated heterocycles. The van der Waals surface area contributed by atoms with Crippen LogP contribution in [0.25, 0.3) is 0 Å². The van der Waals surface area contributed by atoms with E-state index in [2.05, 4.69) is 4.74 Å². The van der Waals surface area contributed by atoms with Crippen molar-refractivity contribution < 1.29 is 19.0 Å². The van der Waals surface area contributed by atoms with Gasteiger partial charge in [-0.15, -0.1) is 0 Å². The molecule has 0 spiro atoms. The van der Waals surface area contributed by atoms with Gasteiger partial charge in [-0.05, 0) is 5.92 Å². The van der Waals surface area contributed by atoms with Crippen molar-refractivity contribution in [2.75, 3.05) is 6.61 Å². The van der Waals surface area contributed by atoms with E-state index in [-0.39, 0.29) is 12.5 Å². The predicted octanol–water partition coefficient (Wildman–Crippen LogP) is 1.04. The summed E-state index contributed by atoms with van der Waals surface area (Å²) in [6.45, 7) is 3.76. The summed E-state index contributed by atoms with van der Waals surface area (Å²) in [5.41, 5.74) is 0. The smallest absolute Gasteiger partial charge is 0.366 e. The van der Waals surface area contributed by atoms with Crippen LogP contribution in [0.4, 0.5) is 4.39 Å². The Kier molecular flexibility index (Phi) is 3.95. The van der Waals surface area contributed by atoms with Crippen LogP contribution in [0.3, 0.4) is 0 Å². The van der Waals surface area contributed by atoms with Crippen LogP contribution in [0.1, 0.15) is 13.8 Å². The maximum atomic E-state index is 12.1. The number of carboxylic acids is 1. The second-order valence-corrected chi connectivity index (χ2v) is 2.38. The van der Waals surface area contributed by atoms with Crippen LogP contribution < -0.4 is 0 Å². The van der Waals surface area contributed by atoms with E-state index in [9.17, 15) is 9.18 Å². The number of alkyl halides is 1. The summed E-state index contributed by atoms with van der Waals surface area (Å²) in [5.74, 6) is -1.42. The van der Waals surface area contributed by atoms with Crippen molar-refractivity contribution in [3.63, 3.8) is 0 Å². The zero-order valence-corrected chi connectivity index (χ0v) is 6.00. The minimum Gasteiger partial charge on any atom is -0.477 e. The van der Waals surface area contributed by atoms with E-state index in [4.69, 9.17) is 5.11 Å². The lowest BCUT2D eigenvalue weighted by molar-refractivity contribution is -0.164. The first-order valence-corrected chi connectivity index (χ1v) is 3.02. The molecule has 0 aliphatic heterocycles. The molecule has 0 aromatic carbocycles. The molecule has 0 bridgehead atoms. The Morgan fingerprint density at radius 1 is 1.70 bits per heavy atom. The molecule has 0 aromatic rings. The van der Waals surface area contributed by atoms with Gasteiger partial charge in [0.05, 0.1) is 6.61 Å². The zero-order chi connectivity index (χ0) is 8.15. The average Bonchev–Trinajstić information content (AvgIpc) is 1.82. The number of hydrogen-bond acceptors (Lipinski definition) is 2. The fourth-order valence-electron chi connectivity index (χ4n) is 0.348. The van der Waals surface area contributed by atoms with Crippen LogP contribution in [-0.4, -0.2) is 24.0 Å². The molecule has 1 unspecified atom stereocenters. The standard InChI is InChI=1S/C6H11FO3/c1-4(2)3-10-5(7)6(8)9/h4-5H,3H2,1-2H3,(H,8,9). The van der Waals surface area contributed by atoms with Gasteiger partial charge in [-0.2, -0.15) is 0 Å². The number of rotatable bonds is 4. The minimum absolute atomic E-state index is 0.132. The first-order valence-electron chi connectivity index (χ1n) is 3.02. The van der Waals surface area contributed by atoms with Gasteiger partial charge < -0.3 is 9.84 Å². The Balaban J connectivity index is 3.40. The van der Waals surface area contributed by atoms with Crippen molar-refractivity contribution in [1.29, 1.82) is 0 Å². The molecule has 0 saturated carbocycles. The topological polar surface area (TPSA) is 46.5 Å². The highest BCUT2D eigenvalue weighted by atomic mass is 19.1. The van der Waals surface area contributed by atoms with Crippen molar-refractivity contribution in [3.05, 3.63) is 0 Å². The monoisotopic (exact) mass is 150 g/mol. The molecule has 3 nitrogen and oxygen atoms in total. The van der Waals surface area contributed by atoms with Gasteiger partial charge in [-0.25, -0.2) is 9.18 Å². The van der Waals surface area contributed by atoms with Crippen LogP contribution in [0.2, 0.25) is 0 Å². The molecule has 0 rings (SSSR count). The number of carbonyl (C=O) groups is 1. The van der Waals surface area contributed by atoms with Crippen molar-refractivity contribution in [2.24, 2.45) is 5.92 Å². The molecule has 60 valence electrons. The lowest BCUT2D eigenvalue weighted by atomic mass is 10.2. The van der Waals surface area contributed by atoms with Crippen LogP contribution >= 0.6 is 0 Å². The summed E-state index contributed by atoms with van der Waals surface area (Å²) in [4.78, 5) is 9.81. The van der Waals surface area contributed by atoms with Crippen molar-refractivity contribution >= 4 is 5.97 Å². The summed E-state index contributed by atoms with van der Waals surface area (Å²) >= 11 is 0. The van der Waals surface area contributed by atoms with E-state index in [0.717, 1.165) is 0 Å². The number of halogens is 1. The summed E-state index contributed by atoms with van der Waals surface area (Å²) in [6, 6.07) is 0. The molecule has 1 atom stereocenters. The third kappa shape index (κ3) is 4.26. The third-order valence-electron chi connectivity index (χ3n) is 0.770. The molecular formula is C6H11FO3. The van der Waals surface area contributed by atoms with Crippen molar-refractivity contribution in [3.8, 4) is 0 Å². The molecule has 0 heterocycles. The molecule has 4 heteroatoms. The molecule has 0 aromatic heterocycles. The van der Waals surface area contributed by atoms with Crippen LogP contribution in [0.5, 0.6) is 0 Å². The van der Waals surface area contributed by atoms with Gasteiger partial charge in [0.25, 0.3) is 6.36 Å². The van der Waals surface area contributed by atoms with E-state index in [1.54, 1.807) is 0 Å². The highest BCUT2D eigenvalue weighted by Gasteiger charge is 2.15. The predicted molar refractivity (Wildman–Crippen MR) is 33.3 cm³/mol. The maximum Gasteiger partial charge on any atom is 0.366 e. The summed E-state index contributed by atoms with van der Waals surface area (Å²) in [7, 11) is 0. The molecule has 0 radical (unpaired) electrons. The molecule has 0 amide bonds. The average molecular weight is 150 g/mol. The van der Waals surface area contributed by atoms with Crippen LogP contribution in [-0.2, 0) is 9.53 Å². The number of hydrogen-bond donors (Lipinski definition) is 1. The van der Waals surface area contributed by atoms with E-state index < -0.39 is 12.3 Å². The Hall–Kier alpha value is -0.640. The summed E-state index contributed by atoms with van der Waals surface area (Å²) in [5, 5.41) is 7.99. The van der Waals surface area contributed by atoms with Crippen LogP contribution in [0.15, 0.2) is 0 Å². The van der Waals surface area contributed by atoms with Crippen LogP contribution in [0, 0.1) is 5.92 Å². The number of aliphatic carboxylic acids is 1. The second kappa shape index (κ2) is 4.22. The third-order valence-corrected chi connectivity index (χ3v) is 0.770. The Bertz CT molecular complexity index is 114. The van der Waals surface area contributed by atoms with Gasteiger partial charge in [0, 0.05) is 0 Å². The Labute approximate surface area is 58.8 Å². The Morgan fingerprint density at radius 3 is 2.50 bits per heavy atom. The normalized spacial score (nSPS) is 13.6. The van der Waals surface area contributed by atoms with Crippen molar-refractivity contribution in [1.82, 2.24) is 0 Å². The quantitative estimate of drug-likeness (QED) is 0.651. The number of carboxylic acid groups (broad SMARTS) is 1. The fourth-order valence-corrected chi connectivity index (χ4v) is 0.348. The largest absolute Gasteiger partial charge is 0.477 e. The molecule has 10 heavy (non-hydrogen) atoms. The number of ether oxygens (including phenoxy) is 1. The van der Waals surface area contributed by atoms with Gasteiger partial charge in [0.15, 0.2) is 0 Å². The van der Waals surface area contributed by atoms with E-state index >= 15 is 0 Å². The van der Waals surface area contributed by atoms with Gasteiger partial charge in [0.1, 0.15) is 0 Å². The first kappa shape index (κ1) is 9.36. The van der Waals surface area contributed by atoms with E-state index in [0.29, 0.717) is 0 Å². The van der Waals surface area contributed by atoms with E-state index in [1.807, 2.05) is 13.8 Å². The Morgan fingerprint density at radius 2 is 2.20 bits per heavy atom. The molecule has 0 aliphatic carbocycles. The maximum absolute atomic E-state index is 12.1. The first-order chi connectivity index (χ1) is 4.54. The molecule has 0 aliphatic rings.